The van der Waals surface area contributed by atoms with Crippen LogP contribution in [-0.2, 0) is 16.3 Å². The van der Waals surface area contributed by atoms with E-state index in [1.807, 2.05) is 6.07 Å². The van der Waals surface area contributed by atoms with E-state index in [0.29, 0.717) is 0 Å². The highest BCUT2D eigenvalue weighted by atomic mass is 35.5. The third kappa shape index (κ3) is 3.52. The summed E-state index contributed by atoms with van der Waals surface area (Å²) in [6.07, 6.45) is 4.15. The molecule has 3 rings (SSSR count). The van der Waals surface area contributed by atoms with Crippen molar-refractivity contribution in [3.63, 3.8) is 0 Å². The molecular weight excluding hydrogens is 380 g/mol. The Kier molecular flexibility index (Phi) is 5.15. The van der Waals surface area contributed by atoms with Crippen LogP contribution in [0.5, 0.6) is 5.75 Å². The number of benzene rings is 1. The molecule has 9 heteroatoms. The molecule has 0 unspecified atom stereocenters. The molecule has 2 amide bonds. The number of carbonyl (C=O) groups is 1. The maximum atomic E-state index is 12.3. The van der Waals surface area contributed by atoms with Gasteiger partial charge >= 0.3 is 6.03 Å². The first kappa shape index (κ1) is 18.6. The van der Waals surface area contributed by atoms with E-state index < -0.39 is 21.6 Å². The summed E-state index contributed by atoms with van der Waals surface area (Å²) in [6.45, 7) is 1.45. The summed E-state index contributed by atoms with van der Waals surface area (Å²) in [6, 6.07) is 3.71. The Labute approximate surface area is 156 Å². The van der Waals surface area contributed by atoms with E-state index in [1.165, 1.54) is 19.1 Å². The average molecular weight is 399 g/mol. The molecule has 0 saturated carbocycles. The molecule has 1 aliphatic carbocycles. The lowest BCUT2D eigenvalue weighted by atomic mass is 9.94. The lowest BCUT2D eigenvalue weighted by molar-refractivity contribution is 0.244. The number of amides is 2. The van der Waals surface area contributed by atoms with Gasteiger partial charge in [-0.2, -0.15) is 0 Å². The van der Waals surface area contributed by atoms with Crippen LogP contribution < -0.4 is 10.6 Å². The topological polar surface area (TPSA) is 109 Å². The number of rotatable bonds is 4. The maximum Gasteiger partial charge on any atom is 0.319 e. The van der Waals surface area contributed by atoms with Gasteiger partial charge in [0.2, 0.25) is 0 Å². The highest BCUT2D eigenvalue weighted by molar-refractivity contribution is 7.91. The van der Waals surface area contributed by atoms with Crippen molar-refractivity contribution in [3.8, 4) is 5.75 Å². The minimum absolute atomic E-state index is 0.0330. The third-order valence-electron chi connectivity index (χ3n) is 4.36. The number of hydrogen-bond acceptors (Lipinski definition) is 5. The summed E-state index contributed by atoms with van der Waals surface area (Å²) in [5, 5.41) is 15.5. The normalized spacial score (nSPS) is 16.8. The van der Waals surface area contributed by atoms with Crippen LogP contribution in [0.15, 0.2) is 33.8 Å². The Morgan fingerprint density at radius 1 is 1.38 bits per heavy atom. The molecule has 0 fully saturated rings. The zero-order chi connectivity index (χ0) is 18.9. The van der Waals surface area contributed by atoms with Crippen molar-refractivity contribution < 1.29 is 22.7 Å². The van der Waals surface area contributed by atoms with Crippen LogP contribution in [0.2, 0.25) is 5.02 Å². The van der Waals surface area contributed by atoms with Crippen molar-refractivity contribution in [1.29, 1.82) is 0 Å². The van der Waals surface area contributed by atoms with Crippen molar-refractivity contribution in [3.05, 3.63) is 40.8 Å². The zero-order valence-corrected chi connectivity index (χ0v) is 15.7. The summed E-state index contributed by atoms with van der Waals surface area (Å²) in [5.74, 6) is -0.0722. The van der Waals surface area contributed by atoms with Gasteiger partial charge in [0.05, 0.1) is 28.8 Å². The van der Waals surface area contributed by atoms with Crippen molar-refractivity contribution in [1.82, 2.24) is 5.32 Å². The van der Waals surface area contributed by atoms with E-state index in [9.17, 15) is 18.3 Å². The van der Waals surface area contributed by atoms with Gasteiger partial charge in [-0.1, -0.05) is 18.5 Å². The summed E-state index contributed by atoms with van der Waals surface area (Å²) >= 11 is 5.92. The number of phenolic OH excluding ortho intramolecular Hbond substituents is 1. The molecule has 1 aliphatic rings. The molecule has 1 aromatic carbocycles. The predicted octanol–water partition coefficient (Wildman–Crippen LogP) is 3.63. The zero-order valence-electron chi connectivity index (χ0n) is 14.1. The number of urea groups is 1. The SMILES string of the molecule is CCS(=O)(=O)c1c(Cl)ccc(NC(=O)N[C@@H]2CCCc3ccoc32)c1O. The van der Waals surface area contributed by atoms with Gasteiger partial charge in [-0.05, 0) is 43.0 Å². The smallest absolute Gasteiger partial charge is 0.319 e. The monoisotopic (exact) mass is 398 g/mol. The molecule has 1 atom stereocenters. The Morgan fingerprint density at radius 3 is 2.88 bits per heavy atom. The quantitative estimate of drug-likeness (QED) is 0.681. The first-order valence-corrected chi connectivity index (χ1v) is 10.2. The van der Waals surface area contributed by atoms with Gasteiger partial charge in [0, 0.05) is 0 Å². The van der Waals surface area contributed by atoms with Gasteiger partial charge < -0.3 is 20.2 Å². The van der Waals surface area contributed by atoms with Crippen LogP contribution in [0.4, 0.5) is 10.5 Å². The number of nitrogens with one attached hydrogen (secondary N) is 2. The fraction of sp³-hybridized carbons (Fsp3) is 0.353. The third-order valence-corrected chi connectivity index (χ3v) is 6.59. The molecule has 2 aromatic rings. The Bertz CT molecular complexity index is 939. The number of hydrogen-bond donors (Lipinski definition) is 3. The molecule has 7 nitrogen and oxygen atoms in total. The van der Waals surface area contributed by atoms with E-state index in [0.717, 1.165) is 30.6 Å². The molecule has 0 saturated heterocycles. The molecule has 0 radical (unpaired) electrons. The van der Waals surface area contributed by atoms with E-state index in [-0.39, 0.29) is 27.4 Å². The highest BCUT2D eigenvalue weighted by Crippen LogP contribution is 2.37. The number of halogens is 1. The molecule has 1 heterocycles. The van der Waals surface area contributed by atoms with Crippen molar-refractivity contribution in [2.24, 2.45) is 0 Å². The number of carbonyl (C=O) groups excluding carboxylic acids is 1. The molecule has 0 spiro atoms. The van der Waals surface area contributed by atoms with Crippen molar-refractivity contribution >= 4 is 33.2 Å². The van der Waals surface area contributed by atoms with E-state index in [1.54, 1.807) is 6.26 Å². The van der Waals surface area contributed by atoms with Crippen LogP contribution in [-0.4, -0.2) is 25.3 Å². The van der Waals surface area contributed by atoms with Crippen LogP contribution in [0, 0.1) is 0 Å². The maximum absolute atomic E-state index is 12.3. The fourth-order valence-corrected chi connectivity index (χ4v) is 4.59. The Balaban J connectivity index is 1.80. The second-order valence-electron chi connectivity index (χ2n) is 6.03. The average Bonchev–Trinajstić information content (AvgIpc) is 3.07. The summed E-state index contributed by atoms with van der Waals surface area (Å²) in [4.78, 5) is 11.9. The van der Waals surface area contributed by atoms with Gasteiger partial charge in [-0.15, -0.1) is 0 Å². The minimum Gasteiger partial charge on any atom is -0.504 e. The van der Waals surface area contributed by atoms with Crippen LogP contribution in [0.3, 0.4) is 0 Å². The van der Waals surface area contributed by atoms with E-state index in [2.05, 4.69) is 10.6 Å². The highest BCUT2D eigenvalue weighted by Gasteiger charge is 2.27. The number of aromatic hydroxyl groups is 1. The van der Waals surface area contributed by atoms with Crippen molar-refractivity contribution in [2.75, 3.05) is 11.1 Å². The van der Waals surface area contributed by atoms with E-state index in [4.69, 9.17) is 16.0 Å². The molecule has 3 N–H and O–H groups in total. The van der Waals surface area contributed by atoms with Crippen LogP contribution in [0.1, 0.15) is 37.1 Å². The summed E-state index contributed by atoms with van der Waals surface area (Å²) in [5.41, 5.74) is 1.03. The van der Waals surface area contributed by atoms with Gasteiger partial charge in [0.1, 0.15) is 10.7 Å². The first-order chi connectivity index (χ1) is 12.3. The van der Waals surface area contributed by atoms with Crippen LogP contribution in [0.25, 0.3) is 0 Å². The van der Waals surface area contributed by atoms with Gasteiger partial charge in [-0.25, -0.2) is 13.2 Å². The Morgan fingerprint density at radius 2 is 2.15 bits per heavy atom. The lowest BCUT2D eigenvalue weighted by Gasteiger charge is -2.22. The number of phenols is 1. The van der Waals surface area contributed by atoms with Gasteiger partial charge in [0.15, 0.2) is 15.6 Å². The van der Waals surface area contributed by atoms with Crippen LogP contribution >= 0.6 is 11.6 Å². The predicted molar refractivity (Wildman–Crippen MR) is 97.4 cm³/mol. The van der Waals surface area contributed by atoms with Crippen molar-refractivity contribution in [2.45, 2.75) is 37.1 Å². The number of anilines is 1. The molecule has 0 aliphatic heterocycles. The first-order valence-electron chi connectivity index (χ1n) is 8.21. The minimum atomic E-state index is -3.75. The van der Waals surface area contributed by atoms with Gasteiger partial charge in [-0.3, -0.25) is 0 Å². The number of sulfone groups is 1. The molecular formula is C17H19ClN2O5S. The number of furan rings is 1. The van der Waals surface area contributed by atoms with E-state index >= 15 is 0 Å². The molecule has 140 valence electrons. The second kappa shape index (κ2) is 7.20. The summed E-state index contributed by atoms with van der Waals surface area (Å²) in [7, 11) is -3.75. The molecule has 0 bridgehead atoms. The fourth-order valence-electron chi connectivity index (χ4n) is 3.03. The Hall–Kier alpha value is -2.19. The molecule has 1 aromatic heterocycles. The summed E-state index contributed by atoms with van der Waals surface area (Å²) < 4.78 is 29.7. The van der Waals surface area contributed by atoms with Gasteiger partial charge in [0.25, 0.3) is 0 Å². The standard InChI is InChI=1S/C17H19ClN2O5S/c1-2-26(23,24)16-11(18)6-7-12(14(16)21)19-17(22)20-13-5-3-4-10-8-9-25-15(10)13/h6-9,13,21H,2-5H2,1H3,(H2,19,20,22)/t13-/m1/s1. The number of fused-ring (bicyclic) bond motifs is 1. The second-order valence-corrected chi connectivity index (χ2v) is 8.65. The number of aryl methyl sites for hydroxylation is 1. The largest absolute Gasteiger partial charge is 0.504 e. The lowest BCUT2D eigenvalue weighted by Crippen LogP contribution is -2.34. The molecule has 26 heavy (non-hydrogen) atoms.